The van der Waals surface area contributed by atoms with Gasteiger partial charge in [0.25, 0.3) is 0 Å². The summed E-state index contributed by atoms with van der Waals surface area (Å²) in [5, 5.41) is 17.1. The Morgan fingerprint density at radius 3 is 2.57 bits per heavy atom. The van der Waals surface area contributed by atoms with Crippen LogP contribution in [0.5, 0.6) is 11.5 Å². The summed E-state index contributed by atoms with van der Waals surface area (Å²) in [6, 6.07) is 21.6. The van der Waals surface area contributed by atoms with Crippen LogP contribution < -0.4 is 14.8 Å². The van der Waals surface area contributed by atoms with Gasteiger partial charge in [0.15, 0.2) is 11.5 Å². The highest BCUT2D eigenvalue weighted by atomic mass is 79.9. The lowest BCUT2D eigenvalue weighted by Crippen LogP contribution is -2.15. The van der Waals surface area contributed by atoms with E-state index in [2.05, 4.69) is 42.8 Å². The molecule has 0 amide bonds. The first-order chi connectivity index (χ1) is 17.6. The van der Waals surface area contributed by atoms with E-state index in [0.29, 0.717) is 24.0 Å². The van der Waals surface area contributed by atoms with Crippen molar-refractivity contribution in [2.45, 2.75) is 31.7 Å². The predicted octanol–water partition coefficient (Wildman–Crippen LogP) is 6.75. The molecule has 196 valence electrons. The number of hydrogen-bond donors (Lipinski definition) is 1. The van der Waals surface area contributed by atoms with Crippen LogP contribution in [0, 0.1) is 0 Å². The Kier molecular flexibility index (Phi) is 12.0. The van der Waals surface area contributed by atoms with Gasteiger partial charge in [-0.05, 0) is 93.8 Å². The van der Waals surface area contributed by atoms with Crippen LogP contribution >= 0.6 is 51.7 Å². The SMILES string of the molecule is CCOc1cc(CNCCCSc2nnnn2-c2ccccc2)cc(Br)c1OCc1ccc(Cl)cc1.Cl. The minimum Gasteiger partial charge on any atom is -0.490 e. The number of benzene rings is 3. The second kappa shape index (κ2) is 15.2. The Hall–Kier alpha value is -2.30. The van der Waals surface area contributed by atoms with Crippen molar-refractivity contribution in [1.29, 1.82) is 0 Å². The van der Waals surface area contributed by atoms with Gasteiger partial charge in [-0.15, -0.1) is 17.5 Å². The third kappa shape index (κ3) is 8.61. The monoisotopic (exact) mass is 623 g/mol. The van der Waals surface area contributed by atoms with Crippen molar-refractivity contribution < 1.29 is 9.47 Å². The molecule has 7 nitrogen and oxygen atoms in total. The van der Waals surface area contributed by atoms with Crippen molar-refractivity contribution in [2.75, 3.05) is 18.9 Å². The summed E-state index contributed by atoms with van der Waals surface area (Å²) in [6.45, 7) is 4.55. The van der Waals surface area contributed by atoms with Gasteiger partial charge in [-0.3, -0.25) is 0 Å². The molecule has 0 saturated heterocycles. The van der Waals surface area contributed by atoms with E-state index in [1.165, 1.54) is 0 Å². The highest BCUT2D eigenvalue weighted by Gasteiger charge is 2.13. The molecular weight excluding hydrogens is 597 g/mol. The summed E-state index contributed by atoms with van der Waals surface area (Å²) < 4.78 is 14.6. The maximum Gasteiger partial charge on any atom is 0.214 e. The number of hydrogen-bond acceptors (Lipinski definition) is 7. The molecule has 1 N–H and O–H groups in total. The molecule has 0 atom stereocenters. The molecule has 4 rings (SSSR count). The number of halogens is 3. The lowest BCUT2D eigenvalue weighted by molar-refractivity contribution is 0.267. The second-order valence-corrected chi connectivity index (χ2v) is 10.2. The molecule has 37 heavy (non-hydrogen) atoms. The highest BCUT2D eigenvalue weighted by Crippen LogP contribution is 2.37. The van der Waals surface area contributed by atoms with Crippen molar-refractivity contribution in [3.05, 3.63) is 87.4 Å². The third-order valence-electron chi connectivity index (χ3n) is 5.17. The van der Waals surface area contributed by atoms with E-state index in [1.807, 2.05) is 67.6 Å². The van der Waals surface area contributed by atoms with E-state index in [4.69, 9.17) is 21.1 Å². The number of rotatable bonds is 13. The van der Waals surface area contributed by atoms with Gasteiger partial charge in [0.2, 0.25) is 5.16 Å². The van der Waals surface area contributed by atoms with Gasteiger partial charge >= 0.3 is 0 Å². The van der Waals surface area contributed by atoms with Gasteiger partial charge in [-0.1, -0.05) is 53.7 Å². The van der Waals surface area contributed by atoms with Crippen LogP contribution in [0.4, 0.5) is 0 Å². The fourth-order valence-electron chi connectivity index (χ4n) is 3.46. The van der Waals surface area contributed by atoms with Gasteiger partial charge in [0.05, 0.1) is 16.8 Å². The van der Waals surface area contributed by atoms with Crippen LogP contribution in [0.2, 0.25) is 5.02 Å². The minimum atomic E-state index is 0. The number of ether oxygens (including phenoxy) is 2. The van der Waals surface area contributed by atoms with Gasteiger partial charge in [0.1, 0.15) is 6.61 Å². The van der Waals surface area contributed by atoms with Crippen molar-refractivity contribution >= 4 is 51.7 Å². The standard InChI is InChI=1S/C26H27BrClN5O2S.ClH/c1-2-34-24-16-20(15-23(27)25(24)35-18-19-9-11-21(28)12-10-19)17-29-13-6-14-36-26-30-31-32-33(26)22-7-4-3-5-8-22;/h3-5,7-12,15-16,29H,2,6,13-14,17-18H2,1H3;1H. The molecule has 0 aliphatic heterocycles. The third-order valence-corrected chi connectivity index (χ3v) is 7.01. The molecule has 0 radical (unpaired) electrons. The molecule has 11 heteroatoms. The summed E-state index contributed by atoms with van der Waals surface area (Å²) in [7, 11) is 0. The molecule has 0 aliphatic carbocycles. The van der Waals surface area contributed by atoms with Crippen molar-refractivity contribution in [3.63, 3.8) is 0 Å². The summed E-state index contributed by atoms with van der Waals surface area (Å²) >= 11 is 11.3. The first kappa shape index (κ1) is 29.3. The normalized spacial score (nSPS) is 10.7. The summed E-state index contributed by atoms with van der Waals surface area (Å²) in [5.74, 6) is 2.33. The van der Waals surface area contributed by atoms with Crippen molar-refractivity contribution in [2.24, 2.45) is 0 Å². The van der Waals surface area contributed by atoms with Crippen molar-refractivity contribution in [3.8, 4) is 17.2 Å². The molecule has 0 aliphatic rings. The average Bonchev–Trinajstić information content (AvgIpc) is 3.36. The molecule has 0 unspecified atom stereocenters. The van der Waals surface area contributed by atoms with Crippen LogP contribution in [0.25, 0.3) is 5.69 Å². The van der Waals surface area contributed by atoms with Gasteiger partial charge in [0, 0.05) is 17.3 Å². The number of tetrazole rings is 1. The molecule has 0 saturated carbocycles. The first-order valence-electron chi connectivity index (χ1n) is 11.6. The lowest BCUT2D eigenvalue weighted by Gasteiger charge is -2.16. The number of aromatic nitrogens is 4. The zero-order valence-electron chi connectivity index (χ0n) is 20.3. The Morgan fingerprint density at radius 2 is 1.81 bits per heavy atom. The molecule has 1 aromatic heterocycles. The quantitative estimate of drug-likeness (QED) is 0.130. The van der Waals surface area contributed by atoms with Crippen LogP contribution in [0.3, 0.4) is 0 Å². The molecule has 1 heterocycles. The van der Waals surface area contributed by atoms with Crippen LogP contribution in [0.15, 0.2) is 76.4 Å². The largest absolute Gasteiger partial charge is 0.490 e. The fourth-order valence-corrected chi connectivity index (χ4v) is 5.02. The minimum absolute atomic E-state index is 0. The van der Waals surface area contributed by atoms with Crippen molar-refractivity contribution in [1.82, 2.24) is 25.5 Å². The van der Waals surface area contributed by atoms with E-state index < -0.39 is 0 Å². The first-order valence-corrected chi connectivity index (χ1v) is 13.8. The summed E-state index contributed by atoms with van der Waals surface area (Å²) in [6.07, 6.45) is 0.980. The van der Waals surface area contributed by atoms with E-state index in [1.54, 1.807) is 16.4 Å². The summed E-state index contributed by atoms with van der Waals surface area (Å²) in [4.78, 5) is 0. The Balaban J connectivity index is 0.00000380. The number of nitrogens with one attached hydrogen (secondary N) is 1. The maximum atomic E-state index is 6.08. The van der Waals surface area contributed by atoms with E-state index in [-0.39, 0.29) is 12.4 Å². The van der Waals surface area contributed by atoms with Crippen LogP contribution in [-0.4, -0.2) is 39.1 Å². The number of thioether (sulfide) groups is 1. The smallest absolute Gasteiger partial charge is 0.214 e. The average molecular weight is 625 g/mol. The number of nitrogens with zero attached hydrogens (tertiary/aromatic N) is 4. The van der Waals surface area contributed by atoms with Crippen LogP contribution in [-0.2, 0) is 13.2 Å². The topological polar surface area (TPSA) is 74.1 Å². The zero-order chi connectivity index (χ0) is 25.2. The Bertz CT molecular complexity index is 1250. The highest BCUT2D eigenvalue weighted by molar-refractivity contribution is 9.10. The fraction of sp³-hybridized carbons (Fsp3) is 0.269. The lowest BCUT2D eigenvalue weighted by atomic mass is 10.2. The van der Waals surface area contributed by atoms with E-state index in [0.717, 1.165) is 57.5 Å². The van der Waals surface area contributed by atoms with E-state index in [9.17, 15) is 0 Å². The second-order valence-electron chi connectivity index (χ2n) is 7.84. The zero-order valence-corrected chi connectivity index (χ0v) is 24.2. The Labute approximate surface area is 240 Å². The van der Waals surface area contributed by atoms with Gasteiger partial charge in [-0.2, -0.15) is 4.68 Å². The molecule has 0 bridgehead atoms. The van der Waals surface area contributed by atoms with Gasteiger partial charge in [-0.25, -0.2) is 0 Å². The molecule has 0 fully saturated rings. The number of para-hydroxylation sites is 1. The maximum absolute atomic E-state index is 6.08. The van der Waals surface area contributed by atoms with Gasteiger partial charge < -0.3 is 14.8 Å². The molecule has 0 spiro atoms. The molecule has 3 aromatic carbocycles. The predicted molar refractivity (Wildman–Crippen MR) is 155 cm³/mol. The van der Waals surface area contributed by atoms with Crippen LogP contribution in [0.1, 0.15) is 24.5 Å². The molecular formula is C26H28BrCl2N5O2S. The van der Waals surface area contributed by atoms with E-state index >= 15 is 0 Å². The molecule has 4 aromatic rings. The Morgan fingerprint density at radius 1 is 1.03 bits per heavy atom. The summed E-state index contributed by atoms with van der Waals surface area (Å²) in [5.41, 5.74) is 3.11.